The zero-order valence-electron chi connectivity index (χ0n) is 7.98. The highest BCUT2D eigenvalue weighted by Gasteiger charge is 2.14. The monoisotopic (exact) mass is 157 g/mol. The van der Waals surface area contributed by atoms with Crippen LogP contribution in [0.2, 0.25) is 0 Å². The van der Waals surface area contributed by atoms with Gasteiger partial charge in [-0.25, -0.2) is 0 Å². The lowest BCUT2D eigenvalue weighted by molar-refractivity contribution is -0.125. The minimum atomic E-state index is 0.140. The molecule has 1 unspecified atom stereocenters. The Kier molecular flexibility index (Phi) is 4.92. The van der Waals surface area contributed by atoms with E-state index in [4.69, 9.17) is 0 Å². The number of hydrogen-bond donors (Lipinski definition) is 1. The van der Waals surface area contributed by atoms with Gasteiger partial charge in [-0.1, -0.05) is 27.7 Å². The first-order valence-corrected chi connectivity index (χ1v) is 4.37. The summed E-state index contributed by atoms with van der Waals surface area (Å²) in [7, 11) is 0. The molecule has 0 aromatic carbocycles. The maximum Gasteiger partial charge on any atom is 0.223 e. The third kappa shape index (κ3) is 4.02. The van der Waals surface area contributed by atoms with Gasteiger partial charge in [-0.05, 0) is 12.3 Å². The Morgan fingerprint density at radius 1 is 1.36 bits per heavy atom. The van der Waals surface area contributed by atoms with Crippen molar-refractivity contribution in [2.75, 3.05) is 6.54 Å². The molecule has 0 saturated carbocycles. The van der Waals surface area contributed by atoms with Gasteiger partial charge in [-0.2, -0.15) is 0 Å². The highest BCUT2D eigenvalue weighted by molar-refractivity contribution is 5.78. The van der Waals surface area contributed by atoms with Gasteiger partial charge in [-0.15, -0.1) is 0 Å². The van der Waals surface area contributed by atoms with Crippen molar-refractivity contribution in [1.29, 1.82) is 0 Å². The summed E-state index contributed by atoms with van der Waals surface area (Å²) in [5.41, 5.74) is 0. The number of hydrogen-bond acceptors (Lipinski definition) is 1. The van der Waals surface area contributed by atoms with Gasteiger partial charge in [0.15, 0.2) is 0 Å². The van der Waals surface area contributed by atoms with E-state index in [2.05, 4.69) is 26.1 Å². The van der Waals surface area contributed by atoms with Crippen molar-refractivity contribution in [3.05, 3.63) is 0 Å². The standard InChI is InChI=1S/C9H19NO/c1-5-6-10-9(11)8(4)7(2)3/h7-8H,5-6H2,1-4H3,(H,10,11). The quantitative estimate of drug-likeness (QED) is 0.662. The summed E-state index contributed by atoms with van der Waals surface area (Å²) in [6.07, 6.45) is 1.01. The van der Waals surface area contributed by atoms with Crippen LogP contribution < -0.4 is 5.32 Å². The van der Waals surface area contributed by atoms with E-state index in [1.54, 1.807) is 0 Å². The van der Waals surface area contributed by atoms with Gasteiger partial charge in [0, 0.05) is 12.5 Å². The minimum absolute atomic E-state index is 0.140. The molecule has 11 heavy (non-hydrogen) atoms. The van der Waals surface area contributed by atoms with Crippen molar-refractivity contribution in [2.24, 2.45) is 11.8 Å². The topological polar surface area (TPSA) is 29.1 Å². The molecule has 0 radical (unpaired) electrons. The van der Waals surface area contributed by atoms with Crippen LogP contribution >= 0.6 is 0 Å². The van der Waals surface area contributed by atoms with Crippen LogP contribution in [0.15, 0.2) is 0 Å². The Morgan fingerprint density at radius 2 is 1.91 bits per heavy atom. The zero-order chi connectivity index (χ0) is 8.85. The average molecular weight is 157 g/mol. The third-order valence-electron chi connectivity index (χ3n) is 1.96. The second-order valence-corrected chi connectivity index (χ2v) is 3.32. The molecule has 0 aromatic rings. The number of nitrogens with one attached hydrogen (secondary N) is 1. The van der Waals surface area contributed by atoms with Crippen LogP contribution in [0, 0.1) is 11.8 Å². The fourth-order valence-corrected chi connectivity index (χ4v) is 0.712. The molecule has 0 spiro atoms. The number of amides is 1. The SMILES string of the molecule is CCCNC(=O)C(C)C(C)C. The predicted molar refractivity (Wildman–Crippen MR) is 47.3 cm³/mol. The van der Waals surface area contributed by atoms with Crippen molar-refractivity contribution < 1.29 is 4.79 Å². The van der Waals surface area contributed by atoms with Crippen LogP contribution in [0.5, 0.6) is 0 Å². The Morgan fingerprint density at radius 3 is 2.27 bits per heavy atom. The molecule has 0 fully saturated rings. The van der Waals surface area contributed by atoms with E-state index < -0.39 is 0 Å². The predicted octanol–water partition coefficient (Wildman–Crippen LogP) is 1.80. The first-order chi connectivity index (χ1) is 5.09. The van der Waals surface area contributed by atoms with Crippen molar-refractivity contribution in [1.82, 2.24) is 5.32 Å². The molecule has 0 aliphatic rings. The lowest BCUT2D eigenvalue weighted by Gasteiger charge is -2.14. The smallest absolute Gasteiger partial charge is 0.223 e. The van der Waals surface area contributed by atoms with Crippen molar-refractivity contribution in [3.8, 4) is 0 Å². The Balaban J connectivity index is 3.64. The number of rotatable bonds is 4. The molecular formula is C9H19NO. The lowest BCUT2D eigenvalue weighted by atomic mass is 9.97. The van der Waals surface area contributed by atoms with Crippen molar-refractivity contribution in [3.63, 3.8) is 0 Å². The fraction of sp³-hybridized carbons (Fsp3) is 0.889. The van der Waals surface area contributed by atoms with Gasteiger partial charge in [-0.3, -0.25) is 4.79 Å². The first-order valence-electron chi connectivity index (χ1n) is 4.37. The third-order valence-corrected chi connectivity index (χ3v) is 1.96. The van der Waals surface area contributed by atoms with Crippen LogP contribution in [-0.2, 0) is 4.79 Å². The molecule has 0 aromatic heterocycles. The Hall–Kier alpha value is -0.530. The largest absolute Gasteiger partial charge is 0.356 e. The molecule has 1 amide bonds. The van der Waals surface area contributed by atoms with Crippen LogP contribution in [0.1, 0.15) is 34.1 Å². The summed E-state index contributed by atoms with van der Waals surface area (Å²) in [5, 5.41) is 2.87. The molecule has 1 N–H and O–H groups in total. The summed E-state index contributed by atoms with van der Waals surface area (Å²) >= 11 is 0. The normalized spacial score (nSPS) is 13.2. The summed E-state index contributed by atoms with van der Waals surface area (Å²) in [5.74, 6) is 0.759. The Bertz CT molecular complexity index is 121. The molecule has 2 nitrogen and oxygen atoms in total. The first kappa shape index (κ1) is 10.5. The minimum Gasteiger partial charge on any atom is -0.356 e. The van der Waals surface area contributed by atoms with E-state index in [9.17, 15) is 4.79 Å². The van der Waals surface area contributed by atoms with Crippen LogP contribution in [0.25, 0.3) is 0 Å². The number of carbonyl (C=O) groups excluding carboxylic acids is 1. The molecule has 1 atom stereocenters. The van der Waals surface area contributed by atoms with Gasteiger partial charge in [0.1, 0.15) is 0 Å². The van der Waals surface area contributed by atoms with E-state index in [0.717, 1.165) is 13.0 Å². The molecule has 0 saturated heterocycles. The van der Waals surface area contributed by atoms with E-state index in [0.29, 0.717) is 5.92 Å². The van der Waals surface area contributed by atoms with Gasteiger partial charge >= 0.3 is 0 Å². The highest BCUT2D eigenvalue weighted by Crippen LogP contribution is 2.08. The van der Waals surface area contributed by atoms with E-state index in [1.807, 2.05) is 6.92 Å². The van der Waals surface area contributed by atoms with Crippen molar-refractivity contribution in [2.45, 2.75) is 34.1 Å². The summed E-state index contributed by atoms with van der Waals surface area (Å²) in [6.45, 7) is 8.96. The Labute approximate surface area is 69.4 Å². The second kappa shape index (κ2) is 5.16. The van der Waals surface area contributed by atoms with Gasteiger partial charge in [0.05, 0.1) is 0 Å². The van der Waals surface area contributed by atoms with Gasteiger partial charge in [0.2, 0.25) is 5.91 Å². The molecule has 0 aliphatic carbocycles. The molecule has 2 heteroatoms. The van der Waals surface area contributed by atoms with E-state index in [1.165, 1.54) is 0 Å². The molecule has 0 bridgehead atoms. The van der Waals surface area contributed by atoms with Crippen molar-refractivity contribution >= 4 is 5.91 Å². The molecule has 0 aliphatic heterocycles. The average Bonchev–Trinajstić information content (AvgIpc) is 1.98. The highest BCUT2D eigenvalue weighted by atomic mass is 16.1. The van der Waals surface area contributed by atoms with Crippen LogP contribution in [0.4, 0.5) is 0 Å². The fourth-order valence-electron chi connectivity index (χ4n) is 0.712. The van der Waals surface area contributed by atoms with Crippen LogP contribution in [0.3, 0.4) is 0 Å². The summed E-state index contributed by atoms with van der Waals surface area (Å²) in [6, 6.07) is 0. The van der Waals surface area contributed by atoms with E-state index in [-0.39, 0.29) is 11.8 Å². The van der Waals surface area contributed by atoms with Gasteiger partial charge < -0.3 is 5.32 Å². The van der Waals surface area contributed by atoms with Crippen LogP contribution in [-0.4, -0.2) is 12.5 Å². The molecular weight excluding hydrogens is 138 g/mol. The summed E-state index contributed by atoms with van der Waals surface area (Å²) in [4.78, 5) is 11.2. The summed E-state index contributed by atoms with van der Waals surface area (Å²) < 4.78 is 0. The van der Waals surface area contributed by atoms with Gasteiger partial charge in [0.25, 0.3) is 0 Å². The molecule has 66 valence electrons. The van der Waals surface area contributed by atoms with E-state index >= 15 is 0 Å². The lowest BCUT2D eigenvalue weighted by Crippen LogP contribution is -2.32. The second-order valence-electron chi connectivity index (χ2n) is 3.32. The molecule has 0 heterocycles. The maximum absolute atomic E-state index is 11.2. The molecule has 0 rings (SSSR count). The number of carbonyl (C=O) groups is 1. The maximum atomic E-state index is 11.2. The zero-order valence-corrected chi connectivity index (χ0v) is 7.98.